The molecule has 0 saturated carbocycles. The molecule has 12 heavy (non-hydrogen) atoms. The van der Waals surface area contributed by atoms with Crippen LogP contribution >= 0.6 is 0 Å². The Morgan fingerprint density at radius 3 is 2.50 bits per heavy atom. The molecule has 0 unspecified atom stereocenters. The predicted molar refractivity (Wildman–Crippen MR) is 53.8 cm³/mol. The van der Waals surface area contributed by atoms with Gasteiger partial charge in [0.15, 0.2) is 0 Å². The number of hydrogen-bond donors (Lipinski definition) is 2. The highest BCUT2D eigenvalue weighted by Crippen LogP contribution is 2.21. The Hall–Kier alpha value is -1.18. The van der Waals surface area contributed by atoms with Gasteiger partial charge in [-0.15, -0.1) is 0 Å². The lowest BCUT2D eigenvalue weighted by Crippen LogP contribution is -2.02. The van der Waals surface area contributed by atoms with Crippen LogP contribution in [0.1, 0.15) is 19.4 Å². The van der Waals surface area contributed by atoms with Gasteiger partial charge in [-0.1, -0.05) is 26.0 Å². The van der Waals surface area contributed by atoms with E-state index in [1.807, 2.05) is 18.2 Å². The fourth-order valence-electron chi connectivity index (χ4n) is 1.25. The van der Waals surface area contributed by atoms with E-state index in [1.165, 1.54) is 0 Å². The molecular formula is C10H16N2. The summed E-state index contributed by atoms with van der Waals surface area (Å²) in [6.45, 7) is 4.34. The molecule has 0 aliphatic rings. The van der Waals surface area contributed by atoms with Crippen LogP contribution in [0, 0.1) is 5.92 Å². The van der Waals surface area contributed by atoms with Crippen LogP contribution < -0.4 is 11.5 Å². The first-order valence-electron chi connectivity index (χ1n) is 4.24. The van der Waals surface area contributed by atoms with Crippen LogP contribution in [0.2, 0.25) is 0 Å². The number of benzene rings is 1. The number of rotatable bonds is 2. The molecule has 0 radical (unpaired) electrons. The Balaban J connectivity index is 2.92. The molecular weight excluding hydrogens is 148 g/mol. The van der Waals surface area contributed by atoms with E-state index in [4.69, 9.17) is 11.5 Å². The van der Waals surface area contributed by atoms with Crippen LogP contribution in [0.4, 0.5) is 11.4 Å². The molecule has 2 heteroatoms. The van der Waals surface area contributed by atoms with Gasteiger partial charge >= 0.3 is 0 Å². The molecule has 0 spiro atoms. The highest BCUT2D eigenvalue weighted by molar-refractivity contribution is 5.67. The highest BCUT2D eigenvalue weighted by Gasteiger charge is 2.03. The zero-order chi connectivity index (χ0) is 9.14. The third-order valence-corrected chi connectivity index (χ3v) is 1.86. The third-order valence-electron chi connectivity index (χ3n) is 1.86. The smallest absolute Gasteiger partial charge is 0.0580 e. The summed E-state index contributed by atoms with van der Waals surface area (Å²) in [6.07, 6.45) is 0.997. The molecule has 0 fully saturated rings. The van der Waals surface area contributed by atoms with Crippen LogP contribution in [0.3, 0.4) is 0 Å². The van der Waals surface area contributed by atoms with E-state index in [1.54, 1.807) is 0 Å². The summed E-state index contributed by atoms with van der Waals surface area (Å²) in [5, 5.41) is 0. The zero-order valence-corrected chi connectivity index (χ0v) is 7.67. The third kappa shape index (κ3) is 1.91. The van der Waals surface area contributed by atoms with Gasteiger partial charge in [-0.3, -0.25) is 0 Å². The SMILES string of the molecule is CC(C)Cc1cccc(N)c1N. The maximum absolute atomic E-state index is 5.81. The monoisotopic (exact) mass is 164 g/mol. The van der Waals surface area contributed by atoms with Crippen molar-refractivity contribution >= 4 is 11.4 Å². The average molecular weight is 164 g/mol. The first kappa shape index (κ1) is 8.91. The van der Waals surface area contributed by atoms with Crippen LogP contribution in [0.15, 0.2) is 18.2 Å². The van der Waals surface area contributed by atoms with Crippen molar-refractivity contribution in [2.75, 3.05) is 11.5 Å². The lowest BCUT2D eigenvalue weighted by molar-refractivity contribution is 0.648. The van der Waals surface area contributed by atoms with E-state index >= 15 is 0 Å². The number of nitrogens with two attached hydrogens (primary N) is 2. The van der Waals surface area contributed by atoms with Crippen molar-refractivity contribution < 1.29 is 0 Å². The van der Waals surface area contributed by atoms with Gasteiger partial charge in [-0.25, -0.2) is 0 Å². The summed E-state index contributed by atoms with van der Waals surface area (Å²) >= 11 is 0. The van der Waals surface area contributed by atoms with Gasteiger partial charge in [-0.2, -0.15) is 0 Å². The molecule has 1 aromatic carbocycles. The minimum Gasteiger partial charge on any atom is -0.397 e. The summed E-state index contributed by atoms with van der Waals surface area (Å²) in [5.74, 6) is 0.620. The lowest BCUT2D eigenvalue weighted by atomic mass is 10.0. The van der Waals surface area contributed by atoms with Crippen molar-refractivity contribution in [2.45, 2.75) is 20.3 Å². The van der Waals surface area contributed by atoms with Crippen molar-refractivity contribution in [1.29, 1.82) is 0 Å². The minimum atomic E-state index is 0.620. The van der Waals surface area contributed by atoms with E-state index < -0.39 is 0 Å². The molecule has 0 aliphatic carbocycles. The summed E-state index contributed by atoms with van der Waals surface area (Å²) in [4.78, 5) is 0. The Bertz CT molecular complexity index is 267. The normalized spacial score (nSPS) is 10.6. The van der Waals surface area contributed by atoms with Crippen LogP contribution in [-0.2, 0) is 6.42 Å². The van der Waals surface area contributed by atoms with Gasteiger partial charge in [0, 0.05) is 0 Å². The largest absolute Gasteiger partial charge is 0.397 e. The first-order valence-corrected chi connectivity index (χ1v) is 4.24. The van der Waals surface area contributed by atoms with Crippen LogP contribution in [0.5, 0.6) is 0 Å². The van der Waals surface area contributed by atoms with Gasteiger partial charge in [0.25, 0.3) is 0 Å². The molecule has 0 heterocycles. The van der Waals surface area contributed by atoms with Crippen molar-refractivity contribution in [3.8, 4) is 0 Å². The second kappa shape index (κ2) is 3.48. The predicted octanol–water partition coefficient (Wildman–Crippen LogP) is 2.05. The molecule has 4 N–H and O–H groups in total. The van der Waals surface area contributed by atoms with E-state index in [9.17, 15) is 0 Å². The van der Waals surface area contributed by atoms with E-state index in [0.29, 0.717) is 11.6 Å². The maximum Gasteiger partial charge on any atom is 0.0580 e. The molecule has 0 saturated heterocycles. The Morgan fingerprint density at radius 2 is 1.92 bits per heavy atom. The molecule has 66 valence electrons. The molecule has 0 amide bonds. The lowest BCUT2D eigenvalue weighted by Gasteiger charge is -2.09. The average Bonchev–Trinajstić information content (AvgIpc) is 1.98. The fourth-order valence-corrected chi connectivity index (χ4v) is 1.25. The van der Waals surface area contributed by atoms with Gasteiger partial charge < -0.3 is 11.5 Å². The van der Waals surface area contributed by atoms with Crippen molar-refractivity contribution in [2.24, 2.45) is 5.92 Å². The number of anilines is 2. The summed E-state index contributed by atoms with van der Waals surface area (Å²) in [7, 11) is 0. The zero-order valence-electron chi connectivity index (χ0n) is 7.67. The summed E-state index contributed by atoms with van der Waals surface area (Å²) < 4.78 is 0. The summed E-state index contributed by atoms with van der Waals surface area (Å²) in [5.41, 5.74) is 14.1. The van der Waals surface area contributed by atoms with Crippen LogP contribution in [-0.4, -0.2) is 0 Å². The van der Waals surface area contributed by atoms with Gasteiger partial charge in [-0.05, 0) is 24.0 Å². The Morgan fingerprint density at radius 1 is 1.25 bits per heavy atom. The van der Waals surface area contributed by atoms with E-state index in [2.05, 4.69) is 13.8 Å². The molecule has 1 aromatic rings. The maximum atomic E-state index is 5.81. The second-order valence-electron chi connectivity index (χ2n) is 3.52. The van der Waals surface area contributed by atoms with E-state index in [0.717, 1.165) is 17.7 Å². The Labute approximate surface area is 73.6 Å². The summed E-state index contributed by atoms with van der Waals surface area (Å²) in [6, 6.07) is 5.81. The standard InChI is InChI=1S/C10H16N2/c1-7(2)6-8-4-3-5-9(11)10(8)12/h3-5,7H,6,11-12H2,1-2H3. The first-order chi connectivity index (χ1) is 5.61. The number of hydrogen-bond acceptors (Lipinski definition) is 2. The molecule has 0 aliphatic heterocycles. The van der Waals surface area contributed by atoms with Crippen molar-refractivity contribution in [1.82, 2.24) is 0 Å². The van der Waals surface area contributed by atoms with E-state index in [-0.39, 0.29) is 0 Å². The molecule has 0 atom stereocenters. The van der Waals surface area contributed by atoms with Crippen LogP contribution in [0.25, 0.3) is 0 Å². The minimum absolute atomic E-state index is 0.620. The molecule has 0 bridgehead atoms. The number of nitrogen functional groups attached to an aromatic ring is 2. The molecule has 0 aromatic heterocycles. The highest BCUT2D eigenvalue weighted by atomic mass is 14.7. The molecule has 1 rings (SSSR count). The molecule has 2 nitrogen and oxygen atoms in total. The fraction of sp³-hybridized carbons (Fsp3) is 0.400. The van der Waals surface area contributed by atoms with Crippen molar-refractivity contribution in [3.05, 3.63) is 23.8 Å². The second-order valence-corrected chi connectivity index (χ2v) is 3.52. The topological polar surface area (TPSA) is 52.0 Å². The quantitative estimate of drug-likeness (QED) is 0.657. The van der Waals surface area contributed by atoms with Crippen molar-refractivity contribution in [3.63, 3.8) is 0 Å². The van der Waals surface area contributed by atoms with Gasteiger partial charge in [0.2, 0.25) is 0 Å². The van der Waals surface area contributed by atoms with Gasteiger partial charge in [0.1, 0.15) is 0 Å². The number of para-hydroxylation sites is 1. The van der Waals surface area contributed by atoms with Gasteiger partial charge in [0.05, 0.1) is 11.4 Å². The Kier molecular flexibility index (Phi) is 2.58.